The zero-order chi connectivity index (χ0) is 19.0. The molecule has 140 valence electrons. The molecule has 3 aromatic rings. The number of aryl methyl sites for hydroxylation is 1. The summed E-state index contributed by atoms with van der Waals surface area (Å²) in [7, 11) is 0. The van der Waals surface area contributed by atoms with Crippen molar-refractivity contribution in [2.45, 2.75) is 45.6 Å². The second-order valence-corrected chi connectivity index (χ2v) is 7.12. The molecule has 0 unspecified atom stereocenters. The number of hydrogen-bond donors (Lipinski definition) is 1. The summed E-state index contributed by atoms with van der Waals surface area (Å²) >= 11 is 0. The van der Waals surface area contributed by atoms with E-state index in [2.05, 4.69) is 25.3 Å². The van der Waals surface area contributed by atoms with E-state index in [0.29, 0.717) is 29.6 Å². The Morgan fingerprint density at radius 3 is 2.67 bits per heavy atom. The van der Waals surface area contributed by atoms with Crippen LogP contribution in [0.15, 0.2) is 28.8 Å². The fourth-order valence-electron chi connectivity index (χ4n) is 3.30. The first kappa shape index (κ1) is 17.4. The summed E-state index contributed by atoms with van der Waals surface area (Å²) in [6.45, 7) is 6.57. The van der Waals surface area contributed by atoms with Gasteiger partial charge in [-0.1, -0.05) is 31.1 Å². The summed E-state index contributed by atoms with van der Waals surface area (Å²) in [5.41, 5.74) is 1.45. The van der Waals surface area contributed by atoms with Crippen molar-refractivity contribution in [3.05, 3.63) is 47.4 Å². The molecule has 2 aromatic heterocycles. The summed E-state index contributed by atoms with van der Waals surface area (Å²) in [6.07, 6.45) is 1.82. The number of carbonyl (C=O) groups is 1. The highest BCUT2D eigenvalue weighted by atomic mass is 16.5. The molecule has 1 aromatic carbocycles. The lowest BCUT2D eigenvalue weighted by Gasteiger charge is -2.22. The van der Waals surface area contributed by atoms with Gasteiger partial charge in [-0.3, -0.25) is 9.89 Å². The van der Waals surface area contributed by atoms with Crippen molar-refractivity contribution < 1.29 is 9.32 Å². The maximum Gasteiger partial charge on any atom is 0.254 e. The summed E-state index contributed by atoms with van der Waals surface area (Å²) in [5.74, 6) is 2.75. The predicted octanol–water partition coefficient (Wildman–Crippen LogP) is 3.26. The van der Waals surface area contributed by atoms with Gasteiger partial charge in [0.2, 0.25) is 11.7 Å². The average Bonchev–Trinajstić information content (AvgIpc) is 3.41. The molecule has 1 fully saturated rings. The van der Waals surface area contributed by atoms with Gasteiger partial charge in [0.25, 0.3) is 5.91 Å². The van der Waals surface area contributed by atoms with E-state index in [4.69, 9.17) is 4.52 Å². The quantitative estimate of drug-likeness (QED) is 0.760. The van der Waals surface area contributed by atoms with Crippen LogP contribution < -0.4 is 0 Å². The number of benzene rings is 1. The van der Waals surface area contributed by atoms with Gasteiger partial charge >= 0.3 is 0 Å². The molecule has 0 spiro atoms. The third-order valence-corrected chi connectivity index (χ3v) is 4.75. The Balaban J connectivity index is 1.53. The Labute approximate surface area is 157 Å². The minimum absolute atomic E-state index is 0.0116. The van der Waals surface area contributed by atoms with E-state index in [0.717, 1.165) is 24.2 Å². The van der Waals surface area contributed by atoms with Crippen molar-refractivity contribution in [1.29, 1.82) is 0 Å². The molecule has 0 aliphatic carbocycles. The maximum absolute atomic E-state index is 13.0. The van der Waals surface area contributed by atoms with Crippen LogP contribution in [0.1, 0.15) is 66.5 Å². The Bertz CT molecular complexity index is 943. The van der Waals surface area contributed by atoms with Crippen molar-refractivity contribution >= 4 is 5.91 Å². The highest BCUT2D eigenvalue weighted by molar-refractivity contribution is 5.95. The maximum atomic E-state index is 13.0. The number of rotatable bonds is 4. The van der Waals surface area contributed by atoms with Gasteiger partial charge in [-0.15, -0.1) is 0 Å². The Hall–Kier alpha value is -3.03. The molecule has 8 heteroatoms. The zero-order valence-corrected chi connectivity index (χ0v) is 15.6. The lowest BCUT2D eigenvalue weighted by molar-refractivity contribution is 0.0730. The lowest BCUT2D eigenvalue weighted by atomic mass is 10.1. The molecule has 1 atom stereocenters. The smallest absolute Gasteiger partial charge is 0.254 e. The van der Waals surface area contributed by atoms with Crippen LogP contribution in [-0.4, -0.2) is 42.7 Å². The van der Waals surface area contributed by atoms with Crippen molar-refractivity contribution in [1.82, 2.24) is 30.2 Å². The third-order valence-electron chi connectivity index (χ3n) is 4.75. The van der Waals surface area contributed by atoms with Crippen LogP contribution in [0.3, 0.4) is 0 Å². The summed E-state index contributed by atoms with van der Waals surface area (Å²) in [6, 6.07) is 7.24. The third kappa shape index (κ3) is 3.34. The number of aromatic nitrogens is 5. The van der Waals surface area contributed by atoms with Crippen LogP contribution in [-0.2, 0) is 0 Å². The number of likely N-dealkylation sites (tertiary alicyclic amines) is 1. The molecule has 4 rings (SSSR count). The number of H-pyrrole nitrogens is 1. The second-order valence-electron chi connectivity index (χ2n) is 7.12. The van der Waals surface area contributed by atoms with Crippen LogP contribution in [0.5, 0.6) is 0 Å². The van der Waals surface area contributed by atoms with Crippen molar-refractivity contribution in [3.63, 3.8) is 0 Å². The number of nitrogens with one attached hydrogen (secondary N) is 1. The van der Waals surface area contributed by atoms with Crippen LogP contribution in [0.2, 0.25) is 0 Å². The zero-order valence-electron chi connectivity index (χ0n) is 15.6. The molecule has 1 aliphatic heterocycles. The molecule has 1 saturated heterocycles. The largest absolute Gasteiger partial charge is 0.339 e. The second kappa shape index (κ2) is 6.94. The Morgan fingerprint density at radius 2 is 2.04 bits per heavy atom. The summed E-state index contributed by atoms with van der Waals surface area (Å²) < 4.78 is 5.25. The summed E-state index contributed by atoms with van der Waals surface area (Å²) in [4.78, 5) is 23.6. The molecular formula is C19H22N6O2. The van der Waals surface area contributed by atoms with Crippen LogP contribution in [0.25, 0.3) is 11.4 Å². The van der Waals surface area contributed by atoms with Crippen molar-refractivity contribution in [3.8, 4) is 11.4 Å². The van der Waals surface area contributed by atoms with Gasteiger partial charge < -0.3 is 9.42 Å². The van der Waals surface area contributed by atoms with E-state index in [-0.39, 0.29) is 17.9 Å². The standard InChI is InChI=1S/C19H22N6O2/c1-11(2)18-21-16(24-27-18)13-6-8-14(9-7-13)19(26)25-10-4-5-15(25)17-20-12(3)22-23-17/h6-9,11,15H,4-5,10H2,1-3H3,(H,20,22,23)/t15-/m1/s1. The van der Waals surface area contributed by atoms with Crippen molar-refractivity contribution in [2.24, 2.45) is 0 Å². The average molecular weight is 366 g/mol. The highest BCUT2D eigenvalue weighted by Crippen LogP contribution is 2.31. The molecule has 1 N–H and O–H groups in total. The fourth-order valence-corrected chi connectivity index (χ4v) is 3.30. The SMILES string of the molecule is Cc1nc([C@H]2CCCN2C(=O)c2ccc(-c3noc(C(C)C)n3)cc2)n[nH]1. The van der Waals surface area contributed by atoms with Gasteiger partial charge in [0.15, 0.2) is 5.82 Å². The first-order valence-corrected chi connectivity index (χ1v) is 9.17. The molecule has 0 saturated carbocycles. The van der Waals surface area contributed by atoms with E-state index < -0.39 is 0 Å². The molecule has 1 amide bonds. The van der Waals surface area contributed by atoms with Crippen LogP contribution >= 0.6 is 0 Å². The molecule has 0 radical (unpaired) electrons. The van der Waals surface area contributed by atoms with E-state index in [1.165, 1.54) is 0 Å². The number of amides is 1. The number of hydrogen-bond acceptors (Lipinski definition) is 6. The lowest BCUT2D eigenvalue weighted by Crippen LogP contribution is -2.31. The van der Waals surface area contributed by atoms with Gasteiger partial charge in [0.1, 0.15) is 5.82 Å². The van der Waals surface area contributed by atoms with E-state index in [9.17, 15) is 4.79 Å². The molecule has 3 heterocycles. The highest BCUT2D eigenvalue weighted by Gasteiger charge is 2.33. The van der Waals surface area contributed by atoms with Gasteiger partial charge in [0.05, 0.1) is 6.04 Å². The minimum Gasteiger partial charge on any atom is -0.339 e. The number of nitrogens with zero attached hydrogens (tertiary/aromatic N) is 5. The molecule has 27 heavy (non-hydrogen) atoms. The van der Waals surface area contributed by atoms with Crippen LogP contribution in [0, 0.1) is 6.92 Å². The molecule has 1 aliphatic rings. The predicted molar refractivity (Wildman–Crippen MR) is 98.0 cm³/mol. The van der Waals surface area contributed by atoms with Gasteiger partial charge in [-0.05, 0) is 31.9 Å². The van der Waals surface area contributed by atoms with Crippen LogP contribution in [0.4, 0.5) is 0 Å². The summed E-state index contributed by atoms with van der Waals surface area (Å²) in [5, 5.41) is 11.1. The first-order chi connectivity index (χ1) is 13.0. The van der Waals surface area contributed by atoms with Gasteiger partial charge in [-0.2, -0.15) is 10.1 Å². The molecular weight excluding hydrogens is 344 g/mol. The topological polar surface area (TPSA) is 101 Å². The van der Waals surface area contributed by atoms with E-state index in [1.807, 2.05) is 49.9 Å². The Kier molecular flexibility index (Phi) is 4.47. The minimum atomic E-state index is -0.0760. The van der Waals surface area contributed by atoms with Crippen molar-refractivity contribution in [2.75, 3.05) is 6.54 Å². The molecule has 8 nitrogen and oxygen atoms in total. The monoisotopic (exact) mass is 366 g/mol. The number of aromatic amines is 1. The van der Waals surface area contributed by atoms with Gasteiger partial charge in [0, 0.05) is 23.6 Å². The Morgan fingerprint density at radius 1 is 1.26 bits per heavy atom. The van der Waals surface area contributed by atoms with E-state index >= 15 is 0 Å². The number of carbonyl (C=O) groups excluding carboxylic acids is 1. The normalized spacial score (nSPS) is 17.0. The van der Waals surface area contributed by atoms with E-state index in [1.54, 1.807) is 0 Å². The fraction of sp³-hybridized carbons (Fsp3) is 0.421. The first-order valence-electron chi connectivity index (χ1n) is 9.17. The van der Waals surface area contributed by atoms with Gasteiger partial charge in [-0.25, -0.2) is 4.98 Å². The molecule has 0 bridgehead atoms.